The molecule has 108 valence electrons. The van der Waals surface area contributed by atoms with Gasteiger partial charge in [0, 0.05) is 24.7 Å². The molecule has 1 aliphatic rings. The molecule has 2 atom stereocenters. The van der Waals surface area contributed by atoms with Crippen LogP contribution in [-0.4, -0.2) is 10.9 Å². The minimum Gasteiger partial charge on any atom is -0.439 e. The standard InChI is InChI=1S/C17H18N2O2/c1-12-9-15(12)17(20)19-11-13-7-8-16(18-10-13)21-14-5-3-2-4-6-14/h2-8,10,12,15H,9,11H2,1H3,(H,19,20)/t12-,15-/m1/s1. The van der Waals surface area contributed by atoms with Crippen LogP contribution in [0.1, 0.15) is 18.9 Å². The highest BCUT2D eigenvalue weighted by Gasteiger charge is 2.38. The summed E-state index contributed by atoms with van der Waals surface area (Å²) in [5.41, 5.74) is 0.970. The van der Waals surface area contributed by atoms with E-state index in [1.165, 1.54) is 0 Å². The number of nitrogens with one attached hydrogen (secondary N) is 1. The number of nitrogens with zero attached hydrogens (tertiary/aromatic N) is 1. The van der Waals surface area contributed by atoms with Crippen molar-refractivity contribution in [3.05, 3.63) is 54.2 Å². The summed E-state index contributed by atoms with van der Waals surface area (Å²) in [4.78, 5) is 16.0. The van der Waals surface area contributed by atoms with Crippen LogP contribution < -0.4 is 10.1 Å². The third-order valence-corrected chi connectivity index (χ3v) is 3.68. The summed E-state index contributed by atoms with van der Waals surface area (Å²) < 4.78 is 5.62. The van der Waals surface area contributed by atoms with E-state index in [1.807, 2.05) is 42.5 Å². The molecule has 21 heavy (non-hydrogen) atoms. The van der Waals surface area contributed by atoms with Crippen LogP contribution in [0.4, 0.5) is 0 Å². The Balaban J connectivity index is 1.53. The van der Waals surface area contributed by atoms with Gasteiger partial charge >= 0.3 is 0 Å². The second kappa shape index (κ2) is 5.95. The molecule has 0 unspecified atom stereocenters. The Morgan fingerprint density at radius 2 is 2.05 bits per heavy atom. The fourth-order valence-corrected chi connectivity index (χ4v) is 2.19. The van der Waals surface area contributed by atoms with Gasteiger partial charge in [-0.05, 0) is 30.0 Å². The van der Waals surface area contributed by atoms with Gasteiger partial charge in [-0.2, -0.15) is 0 Å². The fourth-order valence-electron chi connectivity index (χ4n) is 2.19. The predicted molar refractivity (Wildman–Crippen MR) is 79.9 cm³/mol. The molecule has 1 aromatic carbocycles. The minimum absolute atomic E-state index is 0.145. The van der Waals surface area contributed by atoms with Gasteiger partial charge in [-0.1, -0.05) is 31.2 Å². The number of ether oxygens (including phenoxy) is 1. The van der Waals surface area contributed by atoms with E-state index < -0.39 is 0 Å². The summed E-state index contributed by atoms with van der Waals surface area (Å²) >= 11 is 0. The number of aromatic nitrogens is 1. The number of para-hydroxylation sites is 1. The average molecular weight is 282 g/mol. The minimum atomic E-state index is 0.145. The number of benzene rings is 1. The first-order valence-electron chi connectivity index (χ1n) is 7.18. The first kappa shape index (κ1) is 13.6. The largest absolute Gasteiger partial charge is 0.439 e. The Labute approximate surface area is 124 Å². The maximum absolute atomic E-state index is 11.7. The van der Waals surface area contributed by atoms with Gasteiger partial charge in [0.05, 0.1) is 0 Å². The number of amides is 1. The molecule has 1 fully saturated rings. The number of hydrogen-bond donors (Lipinski definition) is 1. The molecule has 0 saturated heterocycles. The second-order valence-electron chi connectivity index (χ2n) is 5.46. The van der Waals surface area contributed by atoms with E-state index in [4.69, 9.17) is 4.74 Å². The van der Waals surface area contributed by atoms with Gasteiger partial charge in [0.1, 0.15) is 5.75 Å². The van der Waals surface area contributed by atoms with E-state index in [0.717, 1.165) is 17.7 Å². The quantitative estimate of drug-likeness (QED) is 0.916. The zero-order valence-corrected chi connectivity index (χ0v) is 12.0. The van der Waals surface area contributed by atoms with Crippen molar-refractivity contribution in [1.82, 2.24) is 10.3 Å². The Kier molecular flexibility index (Phi) is 3.86. The predicted octanol–water partition coefficient (Wildman–Crippen LogP) is 3.15. The van der Waals surface area contributed by atoms with Crippen LogP contribution in [0.5, 0.6) is 11.6 Å². The van der Waals surface area contributed by atoms with Crippen molar-refractivity contribution in [1.29, 1.82) is 0 Å². The molecule has 1 aliphatic carbocycles. The molecule has 1 heterocycles. The number of hydrogen-bond acceptors (Lipinski definition) is 3. The van der Waals surface area contributed by atoms with Crippen LogP contribution in [0, 0.1) is 11.8 Å². The molecule has 0 aliphatic heterocycles. The van der Waals surface area contributed by atoms with Crippen molar-refractivity contribution in [2.45, 2.75) is 19.9 Å². The first-order valence-corrected chi connectivity index (χ1v) is 7.18. The van der Waals surface area contributed by atoms with Gasteiger partial charge in [0.2, 0.25) is 11.8 Å². The van der Waals surface area contributed by atoms with Gasteiger partial charge in [0.25, 0.3) is 0 Å². The SMILES string of the molecule is C[C@@H]1C[C@H]1C(=O)NCc1ccc(Oc2ccccc2)nc1. The summed E-state index contributed by atoms with van der Waals surface area (Å²) in [5, 5.41) is 2.94. The summed E-state index contributed by atoms with van der Waals surface area (Å²) in [5.74, 6) is 2.19. The van der Waals surface area contributed by atoms with Gasteiger partial charge in [-0.3, -0.25) is 4.79 Å². The topological polar surface area (TPSA) is 51.2 Å². The zero-order valence-electron chi connectivity index (χ0n) is 12.0. The molecule has 1 amide bonds. The fraction of sp³-hybridized carbons (Fsp3) is 0.294. The number of pyridine rings is 1. The van der Waals surface area contributed by atoms with Gasteiger partial charge < -0.3 is 10.1 Å². The normalized spacial score (nSPS) is 19.9. The third kappa shape index (κ3) is 3.60. The molecule has 1 N–H and O–H groups in total. The second-order valence-corrected chi connectivity index (χ2v) is 5.46. The molecule has 3 rings (SSSR count). The Bertz CT molecular complexity index is 610. The molecular formula is C17H18N2O2. The molecule has 4 nitrogen and oxygen atoms in total. The summed E-state index contributed by atoms with van der Waals surface area (Å²) in [6.45, 7) is 2.61. The number of rotatable bonds is 5. The highest BCUT2D eigenvalue weighted by atomic mass is 16.5. The van der Waals surface area contributed by atoms with Crippen molar-refractivity contribution in [2.75, 3.05) is 0 Å². The van der Waals surface area contributed by atoms with Gasteiger partial charge in [-0.15, -0.1) is 0 Å². The average Bonchev–Trinajstić information content (AvgIpc) is 3.24. The summed E-state index contributed by atoms with van der Waals surface area (Å²) in [6.07, 6.45) is 2.74. The van der Waals surface area contributed by atoms with Crippen LogP contribution >= 0.6 is 0 Å². The summed E-state index contributed by atoms with van der Waals surface area (Å²) in [7, 11) is 0. The van der Waals surface area contributed by atoms with E-state index >= 15 is 0 Å². The highest BCUT2D eigenvalue weighted by molar-refractivity contribution is 5.81. The van der Waals surface area contributed by atoms with Crippen molar-refractivity contribution in [2.24, 2.45) is 11.8 Å². The molecule has 1 aromatic heterocycles. The lowest BCUT2D eigenvalue weighted by Crippen LogP contribution is -2.24. The molecule has 0 spiro atoms. The van der Waals surface area contributed by atoms with Crippen molar-refractivity contribution >= 4 is 5.91 Å². The Morgan fingerprint density at radius 3 is 2.67 bits per heavy atom. The molecule has 0 radical (unpaired) electrons. The zero-order chi connectivity index (χ0) is 14.7. The maximum atomic E-state index is 11.7. The van der Waals surface area contributed by atoms with E-state index in [2.05, 4.69) is 17.2 Å². The Hall–Kier alpha value is -2.36. The molecule has 4 heteroatoms. The van der Waals surface area contributed by atoms with Crippen LogP contribution in [0.2, 0.25) is 0 Å². The lowest BCUT2D eigenvalue weighted by molar-refractivity contribution is -0.122. The first-order chi connectivity index (χ1) is 10.2. The Morgan fingerprint density at radius 1 is 1.29 bits per heavy atom. The number of carbonyl (C=O) groups excluding carboxylic acids is 1. The summed E-state index contributed by atoms with van der Waals surface area (Å²) in [6, 6.07) is 13.3. The van der Waals surface area contributed by atoms with E-state index in [1.54, 1.807) is 6.20 Å². The van der Waals surface area contributed by atoms with Gasteiger partial charge in [-0.25, -0.2) is 4.98 Å². The number of carbonyl (C=O) groups is 1. The van der Waals surface area contributed by atoms with Crippen LogP contribution in [-0.2, 0) is 11.3 Å². The van der Waals surface area contributed by atoms with Crippen molar-refractivity contribution < 1.29 is 9.53 Å². The molecule has 0 bridgehead atoms. The van der Waals surface area contributed by atoms with Crippen molar-refractivity contribution in [3.8, 4) is 11.6 Å². The van der Waals surface area contributed by atoms with Crippen LogP contribution in [0.15, 0.2) is 48.7 Å². The monoisotopic (exact) mass is 282 g/mol. The van der Waals surface area contributed by atoms with Crippen molar-refractivity contribution in [3.63, 3.8) is 0 Å². The van der Waals surface area contributed by atoms with E-state index in [9.17, 15) is 4.79 Å². The lowest BCUT2D eigenvalue weighted by Gasteiger charge is -2.07. The molecule has 1 saturated carbocycles. The molecular weight excluding hydrogens is 264 g/mol. The van der Waals surface area contributed by atoms with Gasteiger partial charge in [0.15, 0.2) is 0 Å². The lowest BCUT2D eigenvalue weighted by atomic mass is 10.2. The van der Waals surface area contributed by atoms with E-state index in [0.29, 0.717) is 18.3 Å². The molecule has 2 aromatic rings. The van der Waals surface area contributed by atoms with Crippen LogP contribution in [0.25, 0.3) is 0 Å². The van der Waals surface area contributed by atoms with Crippen LogP contribution in [0.3, 0.4) is 0 Å². The third-order valence-electron chi connectivity index (χ3n) is 3.68. The van der Waals surface area contributed by atoms with E-state index in [-0.39, 0.29) is 11.8 Å². The maximum Gasteiger partial charge on any atom is 0.223 e. The smallest absolute Gasteiger partial charge is 0.223 e. The highest BCUT2D eigenvalue weighted by Crippen LogP contribution is 2.37.